The van der Waals surface area contributed by atoms with E-state index < -0.39 is 0 Å². The highest BCUT2D eigenvalue weighted by molar-refractivity contribution is 5.97. The highest BCUT2D eigenvalue weighted by Gasteiger charge is 2.17. The Balaban J connectivity index is 2.11. The zero-order valence-corrected chi connectivity index (χ0v) is 17.9. The van der Waals surface area contributed by atoms with E-state index in [-0.39, 0.29) is 17.5 Å². The third kappa shape index (κ3) is 7.91. The highest BCUT2D eigenvalue weighted by Crippen LogP contribution is 2.14. The molecule has 1 aromatic heterocycles. The van der Waals surface area contributed by atoms with Crippen molar-refractivity contribution in [3.63, 3.8) is 0 Å². The van der Waals surface area contributed by atoms with E-state index in [9.17, 15) is 9.59 Å². The van der Waals surface area contributed by atoms with Crippen LogP contribution in [-0.4, -0.2) is 59.4 Å². The molecule has 7 nitrogen and oxygen atoms in total. The number of nitrogens with zero attached hydrogens (tertiary/aromatic N) is 3. The maximum atomic E-state index is 12.9. The fourth-order valence-corrected chi connectivity index (χ4v) is 2.64. The van der Waals surface area contributed by atoms with E-state index in [0.29, 0.717) is 24.3 Å². The fraction of sp³-hybridized carbons (Fsp3) is 0.409. The molecule has 0 radical (unpaired) electrons. The number of rotatable bonds is 7. The maximum Gasteiger partial charge on any atom is 0.322 e. The molecule has 2 N–H and O–H groups in total. The van der Waals surface area contributed by atoms with Crippen LogP contribution in [0.15, 0.2) is 48.8 Å². The zero-order valence-electron chi connectivity index (χ0n) is 17.9. The summed E-state index contributed by atoms with van der Waals surface area (Å²) in [5.41, 5.74) is 1.71. The highest BCUT2D eigenvalue weighted by atomic mass is 16.2. The minimum atomic E-state index is -0.330. The molecule has 0 fully saturated rings. The van der Waals surface area contributed by atoms with Crippen molar-refractivity contribution in [1.82, 2.24) is 20.1 Å². The second-order valence-electron chi connectivity index (χ2n) is 8.30. The summed E-state index contributed by atoms with van der Waals surface area (Å²) in [4.78, 5) is 33.2. The van der Waals surface area contributed by atoms with Crippen LogP contribution in [0.4, 0.5) is 10.5 Å². The quantitative estimate of drug-likeness (QED) is 0.752. The molecule has 0 aliphatic heterocycles. The molecule has 29 heavy (non-hydrogen) atoms. The molecule has 0 saturated heterocycles. The molecule has 0 saturated carbocycles. The maximum absolute atomic E-state index is 12.9. The van der Waals surface area contributed by atoms with Gasteiger partial charge in [0, 0.05) is 48.8 Å². The first-order valence-electron chi connectivity index (χ1n) is 9.66. The van der Waals surface area contributed by atoms with E-state index in [1.807, 2.05) is 51.9 Å². The lowest BCUT2D eigenvalue weighted by atomic mass is 10.1. The average molecular weight is 398 g/mol. The number of urea groups is 1. The van der Waals surface area contributed by atoms with Crippen LogP contribution in [0.5, 0.6) is 0 Å². The summed E-state index contributed by atoms with van der Waals surface area (Å²) in [5, 5.41) is 5.84. The molecule has 7 heteroatoms. The first kappa shape index (κ1) is 22.4. The summed E-state index contributed by atoms with van der Waals surface area (Å²) in [5.74, 6) is -0.173. The van der Waals surface area contributed by atoms with Gasteiger partial charge in [-0.1, -0.05) is 12.1 Å². The lowest BCUT2D eigenvalue weighted by Crippen LogP contribution is -2.40. The smallest absolute Gasteiger partial charge is 0.322 e. The van der Waals surface area contributed by atoms with E-state index in [0.717, 1.165) is 12.1 Å². The van der Waals surface area contributed by atoms with Gasteiger partial charge in [-0.25, -0.2) is 4.79 Å². The monoisotopic (exact) mass is 397 g/mol. The van der Waals surface area contributed by atoms with Crippen molar-refractivity contribution in [2.45, 2.75) is 32.9 Å². The number of nitrogens with one attached hydrogen (secondary N) is 2. The molecule has 0 aliphatic rings. The van der Waals surface area contributed by atoms with Gasteiger partial charge in [0.25, 0.3) is 5.91 Å². The molecule has 2 rings (SSSR count). The fourth-order valence-electron chi connectivity index (χ4n) is 2.64. The number of hydrogen-bond donors (Lipinski definition) is 2. The molecule has 1 heterocycles. The SMILES string of the molecule is CN(C)CCN(Cc1cccnc1)C(=O)Nc1cccc(C(=O)NC(C)(C)C)c1. The van der Waals surface area contributed by atoms with Crippen LogP contribution in [0.25, 0.3) is 0 Å². The number of amides is 3. The van der Waals surface area contributed by atoms with E-state index in [2.05, 4.69) is 15.6 Å². The molecule has 0 bridgehead atoms. The molecular formula is C22H31N5O2. The molecule has 3 amide bonds. The number of benzene rings is 1. The summed E-state index contributed by atoms with van der Waals surface area (Å²) in [6.45, 7) is 7.55. The molecule has 2 aromatic rings. The van der Waals surface area contributed by atoms with Gasteiger partial charge in [0.15, 0.2) is 0 Å². The third-order valence-corrected chi connectivity index (χ3v) is 4.07. The van der Waals surface area contributed by atoms with Crippen LogP contribution >= 0.6 is 0 Å². The lowest BCUT2D eigenvalue weighted by Gasteiger charge is -2.25. The van der Waals surface area contributed by atoms with Gasteiger partial charge in [0.1, 0.15) is 0 Å². The van der Waals surface area contributed by atoms with E-state index >= 15 is 0 Å². The van der Waals surface area contributed by atoms with E-state index in [4.69, 9.17) is 0 Å². The van der Waals surface area contributed by atoms with Crippen molar-refractivity contribution in [2.24, 2.45) is 0 Å². The predicted octanol–water partition coefficient (Wildman–Crippen LogP) is 3.21. The van der Waals surface area contributed by atoms with Crippen LogP contribution in [0.3, 0.4) is 0 Å². The van der Waals surface area contributed by atoms with Crippen molar-refractivity contribution in [3.8, 4) is 0 Å². The Morgan fingerprint density at radius 3 is 2.45 bits per heavy atom. The Bertz CT molecular complexity index is 815. The van der Waals surface area contributed by atoms with Crippen LogP contribution < -0.4 is 10.6 Å². The van der Waals surface area contributed by atoms with Crippen molar-refractivity contribution in [2.75, 3.05) is 32.5 Å². The third-order valence-electron chi connectivity index (χ3n) is 4.07. The van der Waals surface area contributed by atoms with Gasteiger partial charge in [-0.15, -0.1) is 0 Å². The van der Waals surface area contributed by atoms with E-state index in [1.165, 1.54) is 0 Å². The summed E-state index contributed by atoms with van der Waals surface area (Å²) in [6.07, 6.45) is 3.47. The Labute approximate surface area is 173 Å². The molecule has 0 atom stereocenters. The van der Waals surface area contributed by atoms with Gasteiger partial charge in [-0.3, -0.25) is 9.78 Å². The van der Waals surface area contributed by atoms with Gasteiger partial charge in [0.05, 0.1) is 0 Å². The minimum Gasteiger partial charge on any atom is -0.347 e. The Morgan fingerprint density at radius 2 is 1.83 bits per heavy atom. The molecule has 0 aliphatic carbocycles. The largest absolute Gasteiger partial charge is 0.347 e. The number of likely N-dealkylation sites (N-methyl/N-ethyl adjacent to an activating group) is 1. The van der Waals surface area contributed by atoms with Crippen LogP contribution in [0.2, 0.25) is 0 Å². The van der Waals surface area contributed by atoms with Gasteiger partial charge < -0.3 is 20.4 Å². The molecule has 0 spiro atoms. The van der Waals surface area contributed by atoms with Crippen LogP contribution in [0.1, 0.15) is 36.7 Å². The van der Waals surface area contributed by atoms with Gasteiger partial charge in [-0.05, 0) is 64.7 Å². The van der Waals surface area contributed by atoms with E-state index in [1.54, 1.807) is 41.6 Å². The standard InChI is InChI=1S/C22H31N5O2/c1-22(2,3)25-20(28)18-9-6-10-19(14-18)24-21(29)27(13-12-26(4)5)16-17-8-7-11-23-15-17/h6-11,14-15H,12-13,16H2,1-5H3,(H,24,29)(H,25,28). The second kappa shape index (κ2) is 10.0. The first-order valence-corrected chi connectivity index (χ1v) is 9.66. The number of hydrogen-bond acceptors (Lipinski definition) is 4. The summed E-state index contributed by atoms with van der Waals surface area (Å²) < 4.78 is 0. The Kier molecular flexibility index (Phi) is 7.73. The number of anilines is 1. The van der Waals surface area contributed by atoms with Crippen molar-refractivity contribution >= 4 is 17.6 Å². The topological polar surface area (TPSA) is 77.6 Å². The average Bonchev–Trinajstić information content (AvgIpc) is 2.64. The normalized spacial score (nSPS) is 11.2. The van der Waals surface area contributed by atoms with Gasteiger partial charge in [0.2, 0.25) is 0 Å². The summed E-state index contributed by atoms with van der Waals surface area (Å²) in [7, 11) is 3.94. The molecule has 1 aromatic carbocycles. The Hall–Kier alpha value is -2.93. The van der Waals surface area contributed by atoms with Gasteiger partial charge >= 0.3 is 6.03 Å². The number of carbonyl (C=O) groups excluding carboxylic acids is 2. The number of pyridine rings is 1. The van der Waals surface area contributed by atoms with Crippen LogP contribution in [-0.2, 0) is 6.54 Å². The molecule has 0 unspecified atom stereocenters. The van der Waals surface area contributed by atoms with Crippen molar-refractivity contribution < 1.29 is 9.59 Å². The molecule has 156 valence electrons. The second-order valence-corrected chi connectivity index (χ2v) is 8.30. The number of carbonyl (C=O) groups is 2. The lowest BCUT2D eigenvalue weighted by molar-refractivity contribution is 0.0919. The molecular weight excluding hydrogens is 366 g/mol. The van der Waals surface area contributed by atoms with Gasteiger partial charge in [-0.2, -0.15) is 0 Å². The van der Waals surface area contributed by atoms with Crippen LogP contribution in [0, 0.1) is 0 Å². The summed E-state index contributed by atoms with van der Waals surface area (Å²) >= 11 is 0. The van der Waals surface area contributed by atoms with Crippen molar-refractivity contribution in [3.05, 3.63) is 59.9 Å². The Morgan fingerprint density at radius 1 is 1.07 bits per heavy atom. The number of aromatic nitrogens is 1. The minimum absolute atomic E-state index is 0.173. The first-order chi connectivity index (χ1) is 13.6. The van der Waals surface area contributed by atoms with Crippen molar-refractivity contribution in [1.29, 1.82) is 0 Å². The predicted molar refractivity (Wildman–Crippen MR) is 116 cm³/mol. The zero-order chi connectivity index (χ0) is 21.4. The summed E-state index contributed by atoms with van der Waals surface area (Å²) in [6, 6.07) is 10.5.